The fraction of sp³-hybridized carbons (Fsp3) is 0.118. The molecule has 0 saturated heterocycles. The van der Waals surface area contributed by atoms with Gasteiger partial charge in [-0.3, -0.25) is 9.69 Å². The van der Waals surface area contributed by atoms with Crippen molar-refractivity contribution in [2.24, 2.45) is 0 Å². The van der Waals surface area contributed by atoms with Crippen molar-refractivity contribution in [2.75, 3.05) is 11.5 Å². The fourth-order valence-electron chi connectivity index (χ4n) is 2.48. The van der Waals surface area contributed by atoms with Crippen molar-refractivity contribution in [3.05, 3.63) is 60.5 Å². The molecule has 6 nitrogen and oxygen atoms in total. The van der Waals surface area contributed by atoms with Crippen molar-refractivity contribution >= 4 is 11.6 Å². The fourth-order valence-corrected chi connectivity index (χ4v) is 2.48. The zero-order chi connectivity index (χ0) is 15.6. The molecule has 114 valence electrons. The van der Waals surface area contributed by atoms with E-state index in [1.54, 1.807) is 4.90 Å². The summed E-state index contributed by atoms with van der Waals surface area (Å²) in [5.74, 6) is 1.36. The molecule has 1 aliphatic heterocycles. The van der Waals surface area contributed by atoms with Gasteiger partial charge in [0.05, 0.1) is 5.69 Å². The van der Waals surface area contributed by atoms with Crippen molar-refractivity contribution in [1.82, 2.24) is 10.2 Å². The van der Waals surface area contributed by atoms with Crippen LogP contribution in [0.25, 0.3) is 11.5 Å². The molecule has 0 atom stereocenters. The number of hydrogen-bond donors (Lipinski definition) is 0. The summed E-state index contributed by atoms with van der Waals surface area (Å²) in [6.07, 6.45) is 0. The van der Waals surface area contributed by atoms with E-state index in [1.807, 2.05) is 54.6 Å². The number of para-hydroxylation sites is 2. The zero-order valence-corrected chi connectivity index (χ0v) is 12.2. The van der Waals surface area contributed by atoms with E-state index in [1.165, 1.54) is 0 Å². The van der Waals surface area contributed by atoms with Gasteiger partial charge in [-0.1, -0.05) is 30.3 Å². The van der Waals surface area contributed by atoms with Gasteiger partial charge >= 0.3 is 0 Å². The van der Waals surface area contributed by atoms with Crippen LogP contribution in [0.2, 0.25) is 0 Å². The van der Waals surface area contributed by atoms with Gasteiger partial charge in [0.25, 0.3) is 5.91 Å². The average Bonchev–Trinajstić information content (AvgIpc) is 3.07. The number of carbonyl (C=O) groups excluding carboxylic acids is 1. The van der Waals surface area contributed by atoms with Gasteiger partial charge in [0, 0.05) is 5.56 Å². The predicted molar refractivity (Wildman–Crippen MR) is 82.9 cm³/mol. The predicted octanol–water partition coefficient (Wildman–Crippen LogP) is 2.66. The molecule has 0 radical (unpaired) electrons. The largest absolute Gasteiger partial charge is 0.482 e. The molecule has 1 aliphatic rings. The first-order valence-corrected chi connectivity index (χ1v) is 7.21. The van der Waals surface area contributed by atoms with Crippen LogP contribution < -0.4 is 9.64 Å². The molecule has 0 N–H and O–H groups in total. The minimum Gasteiger partial charge on any atom is -0.482 e. The smallest absolute Gasteiger partial charge is 0.265 e. The standard InChI is InChI=1S/C17H13N3O3/c21-16-11-22-14-9-5-4-8-13(14)20(16)10-15-18-19-17(23-15)12-6-2-1-3-7-12/h1-9H,10-11H2. The van der Waals surface area contributed by atoms with Crippen molar-refractivity contribution in [2.45, 2.75) is 6.54 Å². The Balaban J connectivity index is 1.61. The number of anilines is 1. The van der Waals surface area contributed by atoms with Crippen LogP contribution in [0.3, 0.4) is 0 Å². The van der Waals surface area contributed by atoms with E-state index in [4.69, 9.17) is 9.15 Å². The Labute approximate surface area is 132 Å². The number of ether oxygens (including phenoxy) is 1. The van der Waals surface area contributed by atoms with Gasteiger partial charge in [0.1, 0.15) is 12.3 Å². The molecule has 1 amide bonds. The van der Waals surface area contributed by atoms with Crippen LogP contribution in [0.4, 0.5) is 5.69 Å². The lowest BCUT2D eigenvalue weighted by atomic mass is 10.2. The van der Waals surface area contributed by atoms with Gasteiger partial charge in [0.2, 0.25) is 11.8 Å². The molecule has 0 fully saturated rings. The van der Waals surface area contributed by atoms with Crippen molar-refractivity contribution in [3.8, 4) is 17.2 Å². The third-order valence-corrected chi connectivity index (χ3v) is 3.59. The highest BCUT2D eigenvalue weighted by atomic mass is 16.5. The first kappa shape index (κ1) is 13.5. The highest BCUT2D eigenvalue weighted by Gasteiger charge is 2.26. The monoisotopic (exact) mass is 307 g/mol. The van der Waals surface area contributed by atoms with Crippen LogP contribution in [0.15, 0.2) is 59.0 Å². The number of carbonyl (C=O) groups is 1. The van der Waals surface area contributed by atoms with Gasteiger partial charge in [0.15, 0.2) is 6.61 Å². The van der Waals surface area contributed by atoms with E-state index in [-0.39, 0.29) is 19.1 Å². The van der Waals surface area contributed by atoms with Crippen molar-refractivity contribution in [3.63, 3.8) is 0 Å². The van der Waals surface area contributed by atoms with Gasteiger partial charge in [-0.25, -0.2) is 0 Å². The Hall–Kier alpha value is -3.15. The first-order valence-electron chi connectivity index (χ1n) is 7.21. The van der Waals surface area contributed by atoms with E-state index in [0.29, 0.717) is 23.2 Å². The maximum absolute atomic E-state index is 12.1. The molecule has 2 heterocycles. The number of hydrogen-bond acceptors (Lipinski definition) is 5. The summed E-state index contributed by atoms with van der Waals surface area (Å²) < 4.78 is 11.1. The Morgan fingerprint density at radius 1 is 1.00 bits per heavy atom. The molecule has 0 aliphatic carbocycles. The Morgan fingerprint density at radius 3 is 2.65 bits per heavy atom. The second-order valence-electron chi connectivity index (χ2n) is 5.10. The van der Waals surface area contributed by atoms with E-state index in [0.717, 1.165) is 5.56 Å². The first-order chi connectivity index (χ1) is 11.3. The second-order valence-corrected chi connectivity index (χ2v) is 5.10. The number of nitrogens with zero attached hydrogens (tertiary/aromatic N) is 3. The second kappa shape index (κ2) is 5.57. The van der Waals surface area contributed by atoms with E-state index >= 15 is 0 Å². The van der Waals surface area contributed by atoms with Crippen LogP contribution in [-0.2, 0) is 11.3 Å². The van der Waals surface area contributed by atoms with Crippen LogP contribution in [0.1, 0.15) is 5.89 Å². The minimum absolute atomic E-state index is 0.0106. The van der Waals surface area contributed by atoms with Crippen LogP contribution >= 0.6 is 0 Å². The summed E-state index contributed by atoms with van der Waals surface area (Å²) in [7, 11) is 0. The van der Waals surface area contributed by atoms with E-state index in [9.17, 15) is 4.79 Å². The summed E-state index contributed by atoms with van der Waals surface area (Å²) in [6, 6.07) is 16.9. The maximum Gasteiger partial charge on any atom is 0.265 e. The summed E-state index contributed by atoms with van der Waals surface area (Å²) in [5, 5.41) is 8.09. The van der Waals surface area contributed by atoms with Crippen molar-refractivity contribution in [1.29, 1.82) is 0 Å². The number of aromatic nitrogens is 2. The number of rotatable bonds is 3. The molecule has 3 aromatic rings. The lowest BCUT2D eigenvalue weighted by molar-refractivity contribution is -0.121. The third-order valence-electron chi connectivity index (χ3n) is 3.59. The molecular formula is C17H13N3O3. The molecule has 1 aromatic heterocycles. The molecule has 23 heavy (non-hydrogen) atoms. The summed E-state index contributed by atoms with van der Waals surface area (Å²) in [5.41, 5.74) is 1.56. The number of benzene rings is 2. The normalized spacial score (nSPS) is 13.6. The Kier molecular flexibility index (Phi) is 3.27. The molecular weight excluding hydrogens is 294 g/mol. The molecule has 6 heteroatoms. The zero-order valence-electron chi connectivity index (χ0n) is 12.2. The van der Waals surface area contributed by atoms with E-state index < -0.39 is 0 Å². The van der Waals surface area contributed by atoms with Crippen LogP contribution in [-0.4, -0.2) is 22.7 Å². The topological polar surface area (TPSA) is 68.5 Å². The lowest BCUT2D eigenvalue weighted by Gasteiger charge is -2.28. The Morgan fingerprint density at radius 2 is 1.78 bits per heavy atom. The lowest BCUT2D eigenvalue weighted by Crippen LogP contribution is -2.38. The molecule has 0 unspecified atom stereocenters. The van der Waals surface area contributed by atoms with Crippen LogP contribution in [0, 0.1) is 0 Å². The third kappa shape index (κ3) is 2.55. The highest BCUT2D eigenvalue weighted by Crippen LogP contribution is 2.32. The minimum atomic E-state index is -0.136. The summed E-state index contributed by atoms with van der Waals surface area (Å²) in [4.78, 5) is 13.7. The SMILES string of the molecule is O=C1COc2ccccc2N1Cc1nnc(-c2ccccc2)o1. The average molecular weight is 307 g/mol. The van der Waals surface area contributed by atoms with E-state index in [2.05, 4.69) is 10.2 Å². The van der Waals surface area contributed by atoms with Gasteiger partial charge in [-0.15, -0.1) is 10.2 Å². The highest BCUT2D eigenvalue weighted by molar-refractivity contribution is 5.97. The van der Waals surface area contributed by atoms with Gasteiger partial charge in [-0.2, -0.15) is 0 Å². The quantitative estimate of drug-likeness (QED) is 0.744. The number of amides is 1. The number of fused-ring (bicyclic) bond motifs is 1. The van der Waals surface area contributed by atoms with Gasteiger partial charge in [-0.05, 0) is 24.3 Å². The van der Waals surface area contributed by atoms with Crippen molar-refractivity contribution < 1.29 is 13.9 Å². The summed E-state index contributed by atoms with van der Waals surface area (Å²) in [6.45, 7) is 0.232. The molecule has 0 spiro atoms. The maximum atomic E-state index is 12.1. The molecule has 0 saturated carbocycles. The molecule has 2 aromatic carbocycles. The van der Waals surface area contributed by atoms with Gasteiger partial charge < -0.3 is 9.15 Å². The summed E-state index contributed by atoms with van der Waals surface area (Å²) >= 11 is 0. The Bertz CT molecular complexity index is 845. The molecule has 4 rings (SSSR count). The molecule has 0 bridgehead atoms. The van der Waals surface area contributed by atoms with Crippen LogP contribution in [0.5, 0.6) is 5.75 Å².